The molecule has 0 spiro atoms. The van der Waals surface area contributed by atoms with Crippen molar-refractivity contribution in [1.82, 2.24) is 15.1 Å². The van der Waals surface area contributed by atoms with E-state index in [0.717, 1.165) is 4.90 Å². The maximum atomic E-state index is 12.3. The molecule has 0 aromatic carbocycles. The Balaban J connectivity index is 2.09. The number of carboxylic acids is 1. The monoisotopic (exact) mass is 315 g/mol. The molecule has 2 aliphatic rings. The number of hydrogen-bond acceptors (Lipinski definition) is 5. The van der Waals surface area contributed by atoms with Gasteiger partial charge in [0, 0.05) is 12.8 Å². The number of amides is 4. The lowest BCUT2D eigenvalue weighted by atomic mass is 10.2. The summed E-state index contributed by atoms with van der Waals surface area (Å²) in [4.78, 5) is 49.0. The first kappa shape index (κ1) is 15.6. The molecule has 116 valence electrons. The van der Waals surface area contributed by atoms with Crippen LogP contribution in [-0.4, -0.2) is 69.0 Å². The Morgan fingerprint density at radius 2 is 2.10 bits per heavy atom. The number of carboxylic acid groups (broad SMARTS) is 1. The van der Waals surface area contributed by atoms with Gasteiger partial charge in [0.25, 0.3) is 5.91 Å². The van der Waals surface area contributed by atoms with Gasteiger partial charge < -0.3 is 10.4 Å². The molecule has 0 aliphatic carbocycles. The van der Waals surface area contributed by atoms with Crippen molar-refractivity contribution in [2.75, 3.05) is 12.8 Å². The van der Waals surface area contributed by atoms with Crippen LogP contribution in [0.1, 0.15) is 19.8 Å². The summed E-state index contributed by atoms with van der Waals surface area (Å²) in [6.45, 7) is 1.86. The average Bonchev–Trinajstić information content (AvgIpc) is 2.97. The summed E-state index contributed by atoms with van der Waals surface area (Å²) in [6.07, 6.45) is 0.524. The van der Waals surface area contributed by atoms with Crippen LogP contribution >= 0.6 is 11.8 Å². The summed E-state index contributed by atoms with van der Waals surface area (Å²) >= 11 is 1.40. The van der Waals surface area contributed by atoms with Crippen LogP contribution < -0.4 is 5.32 Å². The number of aliphatic carboxylic acids is 1. The zero-order chi connectivity index (χ0) is 15.7. The van der Waals surface area contributed by atoms with E-state index in [9.17, 15) is 24.3 Å². The SMILES string of the molecule is CCC1SCC(C(=O)O)N1C(=O)NC1CC(=O)N(C)C1=O. The van der Waals surface area contributed by atoms with Crippen LogP contribution in [0, 0.1) is 0 Å². The molecule has 2 heterocycles. The standard InChI is InChI=1S/C12H17N3O5S/c1-3-9-15(7(5-21-9)11(18)19)12(20)13-6-4-8(16)14(2)10(6)17/h6-7,9H,3-5H2,1-2H3,(H,13,20)(H,18,19). The van der Waals surface area contributed by atoms with E-state index < -0.39 is 30.0 Å². The topological polar surface area (TPSA) is 107 Å². The quantitative estimate of drug-likeness (QED) is 0.692. The van der Waals surface area contributed by atoms with E-state index in [1.807, 2.05) is 6.92 Å². The van der Waals surface area contributed by atoms with Gasteiger partial charge in [0.2, 0.25) is 5.91 Å². The van der Waals surface area contributed by atoms with Crippen molar-refractivity contribution < 1.29 is 24.3 Å². The Bertz CT molecular complexity index is 497. The molecule has 21 heavy (non-hydrogen) atoms. The molecule has 8 nitrogen and oxygen atoms in total. The fourth-order valence-electron chi connectivity index (χ4n) is 2.43. The molecule has 2 fully saturated rings. The van der Waals surface area contributed by atoms with Crippen molar-refractivity contribution in [3.63, 3.8) is 0 Å². The van der Waals surface area contributed by atoms with Crippen LogP contribution in [0.25, 0.3) is 0 Å². The fraction of sp³-hybridized carbons (Fsp3) is 0.667. The molecular formula is C12H17N3O5S. The second-order valence-electron chi connectivity index (χ2n) is 4.95. The number of nitrogens with one attached hydrogen (secondary N) is 1. The van der Waals surface area contributed by atoms with Gasteiger partial charge in [-0.15, -0.1) is 11.8 Å². The third-order valence-corrected chi connectivity index (χ3v) is 5.09. The Morgan fingerprint density at radius 1 is 1.43 bits per heavy atom. The summed E-state index contributed by atoms with van der Waals surface area (Å²) in [5.74, 6) is -1.58. The van der Waals surface area contributed by atoms with E-state index in [1.54, 1.807) is 0 Å². The molecule has 0 radical (unpaired) electrons. The van der Waals surface area contributed by atoms with Crippen LogP contribution in [-0.2, 0) is 14.4 Å². The highest BCUT2D eigenvalue weighted by molar-refractivity contribution is 8.00. The molecule has 4 amide bonds. The maximum Gasteiger partial charge on any atom is 0.327 e. The van der Waals surface area contributed by atoms with E-state index in [-0.39, 0.29) is 17.7 Å². The lowest BCUT2D eigenvalue weighted by molar-refractivity contribution is -0.141. The Morgan fingerprint density at radius 3 is 2.57 bits per heavy atom. The van der Waals surface area contributed by atoms with Crippen LogP contribution in [0.4, 0.5) is 4.79 Å². The predicted octanol–water partition coefficient (Wildman–Crippen LogP) is -0.309. The molecular weight excluding hydrogens is 298 g/mol. The molecule has 0 saturated carbocycles. The Hall–Kier alpha value is -1.77. The lowest BCUT2D eigenvalue weighted by Crippen LogP contribution is -2.53. The Kier molecular flexibility index (Phi) is 4.40. The summed E-state index contributed by atoms with van der Waals surface area (Å²) in [5, 5.41) is 11.4. The van der Waals surface area contributed by atoms with Gasteiger partial charge in [0.15, 0.2) is 0 Å². The number of thioether (sulfide) groups is 1. The second-order valence-corrected chi connectivity index (χ2v) is 6.17. The van der Waals surface area contributed by atoms with Crippen molar-refractivity contribution in [3.05, 3.63) is 0 Å². The van der Waals surface area contributed by atoms with E-state index >= 15 is 0 Å². The number of urea groups is 1. The van der Waals surface area contributed by atoms with Gasteiger partial charge in [-0.3, -0.25) is 19.4 Å². The minimum atomic E-state index is -1.07. The van der Waals surface area contributed by atoms with Crippen molar-refractivity contribution in [3.8, 4) is 0 Å². The summed E-state index contributed by atoms with van der Waals surface area (Å²) in [6, 6.07) is -2.43. The minimum absolute atomic E-state index is 0.0867. The third-order valence-electron chi connectivity index (χ3n) is 3.64. The van der Waals surface area contributed by atoms with Gasteiger partial charge in [0.1, 0.15) is 12.1 Å². The highest BCUT2D eigenvalue weighted by Crippen LogP contribution is 2.31. The van der Waals surface area contributed by atoms with E-state index in [1.165, 1.54) is 23.7 Å². The molecule has 2 N–H and O–H groups in total. The zero-order valence-corrected chi connectivity index (χ0v) is 12.6. The molecule has 0 bridgehead atoms. The van der Waals surface area contributed by atoms with Crippen LogP contribution in [0.5, 0.6) is 0 Å². The van der Waals surface area contributed by atoms with Gasteiger partial charge in [-0.1, -0.05) is 6.92 Å². The number of hydrogen-bond donors (Lipinski definition) is 2. The molecule has 9 heteroatoms. The largest absolute Gasteiger partial charge is 0.480 e. The van der Waals surface area contributed by atoms with E-state index in [4.69, 9.17) is 0 Å². The second kappa shape index (κ2) is 5.92. The first-order chi connectivity index (χ1) is 9.86. The molecule has 0 aromatic rings. The van der Waals surface area contributed by atoms with E-state index in [2.05, 4.69) is 5.32 Å². The number of carbonyl (C=O) groups is 4. The molecule has 3 unspecified atom stereocenters. The molecule has 0 aromatic heterocycles. The summed E-state index contributed by atoms with van der Waals surface area (Å²) in [5.41, 5.74) is 0. The molecule has 2 rings (SSSR count). The molecule has 3 atom stereocenters. The van der Waals surface area contributed by atoms with Crippen LogP contribution in [0.15, 0.2) is 0 Å². The smallest absolute Gasteiger partial charge is 0.327 e. The van der Waals surface area contributed by atoms with Crippen LogP contribution in [0.3, 0.4) is 0 Å². The number of likely N-dealkylation sites (tertiary alicyclic amines) is 1. The predicted molar refractivity (Wildman–Crippen MR) is 74.5 cm³/mol. The van der Waals surface area contributed by atoms with Gasteiger partial charge in [-0.05, 0) is 6.42 Å². The average molecular weight is 315 g/mol. The number of carbonyl (C=O) groups excluding carboxylic acids is 3. The summed E-state index contributed by atoms with van der Waals surface area (Å²) < 4.78 is 0. The number of nitrogens with zero attached hydrogens (tertiary/aromatic N) is 2. The Labute approximate surface area is 125 Å². The molecule has 2 aliphatic heterocycles. The zero-order valence-electron chi connectivity index (χ0n) is 11.7. The van der Waals surface area contributed by atoms with Gasteiger partial charge in [-0.25, -0.2) is 9.59 Å². The van der Waals surface area contributed by atoms with Crippen molar-refractivity contribution >= 4 is 35.6 Å². The molecule has 2 saturated heterocycles. The highest BCUT2D eigenvalue weighted by Gasteiger charge is 2.43. The fourth-order valence-corrected chi connectivity index (χ4v) is 3.78. The van der Waals surface area contributed by atoms with Crippen molar-refractivity contribution in [2.45, 2.75) is 37.2 Å². The number of rotatable bonds is 3. The number of imide groups is 1. The number of likely N-dealkylation sites (N-methyl/N-ethyl adjacent to an activating group) is 1. The lowest BCUT2D eigenvalue weighted by Gasteiger charge is -2.27. The van der Waals surface area contributed by atoms with Crippen molar-refractivity contribution in [1.29, 1.82) is 0 Å². The summed E-state index contributed by atoms with van der Waals surface area (Å²) in [7, 11) is 1.36. The first-order valence-corrected chi connectivity index (χ1v) is 7.65. The van der Waals surface area contributed by atoms with Gasteiger partial charge >= 0.3 is 12.0 Å². The maximum absolute atomic E-state index is 12.3. The normalized spacial score (nSPS) is 29.1. The van der Waals surface area contributed by atoms with E-state index in [0.29, 0.717) is 12.2 Å². The van der Waals surface area contributed by atoms with Gasteiger partial charge in [-0.2, -0.15) is 0 Å². The minimum Gasteiger partial charge on any atom is -0.480 e. The first-order valence-electron chi connectivity index (χ1n) is 6.60. The van der Waals surface area contributed by atoms with Gasteiger partial charge in [0.05, 0.1) is 11.8 Å². The highest BCUT2D eigenvalue weighted by atomic mass is 32.2. The third kappa shape index (κ3) is 2.82. The van der Waals surface area contributed by atoms with Crippen LogP contribution in [0.2, 0.25) is 0 Å². The van der Waals surface area contributed by atoms with Crippen molar-refractivity contribution in [2.24, 2.45) is 0 Å².